The molecule has 0 nitrogen and oxygen atoms in total. The molecule has 0 N–H and O–H groups in total. The van der Waals surface area contributed by atoms with E-state index in [4.69, 9.17) is 0 Å². The van der Waals surface area contributed by atoms with E-state index < -0.39 is 0 Å². The molecule has 0 radical (unpaired) electrons. The Morgan fingerprint density at radius 3 is 1.65 bits per heavy atom. The lowest BCUT2D eigenvalue weighted by Crippen LogP contribution is -2.02. The zero-order chi connectivity index (χ0) is 18.0. The maximum Gasteiger partial charge on any atom is -0.00269 e. The third-order valence-electron chi connectivity index (χ3n) is 3.32. The molecular weight excluding hydrogens is 276 g/mol. The van der Waals surface area contributed by atoms with Crippen molar-refractivity contribution in [2.75, 3.05) is 0 Å². The van der Waals surface area contributed by atoms with Crippen LogP contribution in [0.25, 0.3) is 33.7 Å². The maximum absolute atomic E-state index is 4.15. The van der Waals surface area contributed by atoms with Crippen molar-refractivity contribution in [1.82, 2.24) is 0 Å². The van der Waals surface area contributed by atoms with Gasteiger partial charge in [0.2, 0.25) is 0 Å². The SMILES string of the molecule is C=C(C)c1ccc2cccc3ccc(=C)c1c23.CC.CC.CC. The molecule has 0 spiro atoms. The summed E-state index contributed by atoms with van der Waals surface area (Å²) in [6, 6.07) is 14.9. The smallest absolute Gasteiger partial charge is 0.00269 e. The Hall–Kier alpha value is -2.08. The summed E-state index contributed by atoms with van der Waals surface area (Å²) in [6.07, 6.45) is 0. The predicted octanol–water partition coefficient (Wildman–Crippen LogP) is 7.23. The number of benzene rings is 3. The summed E-state index contributed by atoms with van der Waals surface area (Å²) in [5.41, 5.74) is 2.30. The summed E-state index contributed by atoms with van der Waals surface area (Å²) in [4.78, 5) is 0. The Labute approximate surface area is 142 Å². The summed E-state index contributed by atoms with van der Waals surface area (Å²) in [5, 5.41) is 6.17. The van der Waals surface area contributed by atoms with E-state index in [1.807, 2.05) is 48.5 Å². The monoisotopic (exact) mass is 308 g/mol. The van der Waals surface area contributed by atoms with Gasteiger partial charge in [0.25, 0.3) is 0 Å². The zero-order valence-electron chi connectivity index (χ0n) is 16.0. The fourth-order valence-corrected chi connectivity index (χ4v) is 2.51. The molecule has 23 heavy (non-hydrogen) atoms. The molecule has 0 saturated heterocycles. The van der Waals surface area contributed by atoms with Crippen LogP contribution in [0, 0.1) is 0 Å². The quantitative estimate of drug-likeness (QED) is 0.444. The van der Waals surface area contributed by atoms with Crippen molar-refractivity contribution >= 4 is 33.7 Å². The summed E-state index contributed by atoms with van der Waals surface area (Å²) >= 11 is 0. The number of rotatable bonds is 1. The molecule has 0 bridgehead atoms. The van der Waals surface area contributed by atoms with Crippen LogP contribution in [0.2, 0.25) is 0 Å². The van der Waals surface area contributed by atoms with Crippen molar-refractivity contribution in [1.29, 1.82) is 0 Å². The summed E-state index contributed by atoms with van der Waals surface area (Å²) in [5.74, 6) is 0. The van der Waals surface area contributed by atoms with Crippen LogP contribution >= 0.6 is 0 Å². The number of hydrogen-bond acceptors (Lipinski definition) is 0. The Balaban J connectivity index is 0.000000728. The lowest BCUT2D eigenvalue weighted by atomic mass is 9.93. The van der Waals surface area contributed by atoms with Crippen molar-refractivity contribution < 1.29 is 0 Å². The molecule has 0 aromatic heterocycles. The van der Waals surface area contributed by atoms with Gasteiger partial charge in [0, 0.05) is 0 Å². The van der Waals surface area contributed by atoms with Crippen molar-refractivity contribution in [2.45, 2.75) is 48.5 Å². The molecule has 0 fully saturated rings. The Bertz CT molecular complexity index is 763. The van der Waals surface area contributed by atoms with E-state index in [1.54, 1.807) is 0 Å². The largest absolute Gasteiger partial charge is 0.0955 e. The minimum Gasteiger partial charge on any atom is -0.0955 e. The molecule has 0 atom stereocenters. The van der Waals surface area contributed by atoms with E-state index in [1.165, 1.54) is 27.1 Å². The van der Waals surface area contributed by atoms with Crippen molar-refractivity contribution in [3.8, 4) is 0 Å². The van der Waals surface area contributed by atoms with Gasteiger partial charge < -0.3 is 0 Å². The van der Waals surface area contributed by atoms with Gasteiger partial charge in [-0.3, -0.25) is 0 Å². The normalized spacial score (nSPS) is 9.00. The highest BCUT2D eigenvalue weighted by Gasteiger charge is 2.07. The van der Waals surface area contributed by atoms with Crippen LogP contribution in [0.3, 0.4) is 0 Å². The molecule has 0 unspecified atom stereocenters. The third kappa shape index (κ3) is 4.45. The minimum atomic E-state index is 1.08. The summed E-state index contributed by atoms with van der Waals surface area (Å²) in [6.45, 7) is 22.3. The van der Waals surface area contributed by atoms with Crippen LogP contribution in [0.5, 0.6) is 0 Å². The van der Waals surface area contributed by atoms with E-state index in [0.29, 0.717) is 0 Å². The Morgan fingerprint density at radius 2 is 1.17 bits per heavy atom. The first-order valence-corrected chi connectivity index (χ1v) is 8.77. The molecule has 0 amide bonds. The molecule has 3 aromatic rings. The first kappa shape index (κ1) is 20.9. The number of allylic oxidation sites excluding steroid dienone is 1. The second-order valence-electron chi connectivity index (χ2n) is 4.57. The first-order valence-electron chi connectivity index (χ1n) is 8.77. The zero-order valence-corrected chi connectivity index (χ0v) is 16.0. The van der Waals surface area contributed by atoms with Crippen LogP contribution in [-0.4, -0.2) is 0 Å². The minimum absolute atomic E-state index is 1.08. The van der Waals surface area contributed by atoms with Gasteiger partial charge in [-0.2, -0.15) is 0 Å². The second kappa shape index (κ2) is 10.6. The van der Waals surface area contributed by atoms with Crippen molar-refractivity contribution in [3.63, 3.8) is 0 Å². The average Bonchev–Trinajstić information content (AvgIpc) is 2.63. The van der Waals surface area contributed by atoms with Crippen LogP contribution in [-0.2, 0) is 0 Å². The lowest BCUT2D eigenvalue weighted by molar-refractivity contribution is 1.50. The van der Waals surface area contributed by atoms with Gasteiger partial charge in [0.1, 0.15) is 0 Å². The standard InChI is InChI=1S/C17H14.3C2H6/c1-11(2)15-10-9-14-6-4-5-13-8-7-12(3)16(15)17(13)14;3*1-2/h4-10H,1,3H2,2H3;3*1-2H3. The van der Waals surface area contributed by atoms with Gasteiger partial charge in [-0.15, -0.1) is 0 Å². The molecule has 3 aromatic carbocycles. The highest BCUT2D eigenvalue weighted by molar-refractivity contribution is 6.13. The van der Waals surface area contributed by atoms with E-state index in [2.05, 4.69) is 55.6 Å². The molecule has 124 valence electrons. The average molecular weight is 309 g/mol. The van der Waals surface area contributed by atoms with Gasteiger partial charge in [0.05, 0.1) is 0 Å². The van der Waals surface area contributed by atoms with Gasteiger partial charge in [-0.05, 0) is 39.3 Å². The molecule has 3 rings (SSSR count). The van der Waals surface area contributed by atoms with Crippen molar-refractivity contribution in [3.05, 3.63) is 59.8 Å². The molecule has 0 aliphatic rings. The van der Waals surface area contributed by atoms with Gasteiger partial charge in [-0.25, -0.2) is 0 Å². The van der Waals surface area contributed by atoms with Crippen LogP contribution in [0.15, 0.2) is 49.0 Å². The van der Waals surface area contributed by atoms with Crippen LogP contribution < -0.4 is 5.22 Å². The Kier molecular flexibility index (Phi) is 9.65. The van der Waals surface area contributed by atoms with E-state index in [0.717, 1.165) is 10.8 Å². The van der Waals surface area contributed by atoms with Gasteiger partial charge >= 0.3 is 0 Å². The lowest BCUT2D eigenvalue weighted by Gasteiger charge is -2.11. The topological polar surface area (TPSA) is 0 Å². The van der Waals surface area contributed by atoms with Crippen LogP contribution in [0.4, 0.5) is 0 Å². The van der Waals surface area contributed by atoms with E-state index in [-0.39, 0.29) is 0 Å². The van der Waals surface area contributed by atoms with E-state index >= 15 is 0 Å². The summed E-state index contributed by atoms with van der Waals surface area (Å²) < 4.78 is 0. The fraction of sp³-hybridized carbons (Fsp3) is 0.304. The van der Waals surface area contributed by atoms with Gasteiger partial charge in [-0.1, -0.05) is 103 Å². The molecular formula is C23H32. The molecule has 0 aliphatic carbocycles. The fourth-order valence-electron chi connectivity index (χ4n) is 2.51. The van der Waals surface area contributed by atoms with Gasteiger partial charge in [0.15, 0.2) is 0 Å². The number of hydrogen-bond donors (Lipinski definition) is 0. The predicted molar refractivity (Wildman–Crippen MR) is 111 cm³/mol. The third-order valence-corrected chi connectivity index (χ3v) is 3.32. The highest BCUT2D eigenvalue weighted by atomic mass is 14.1. The molecule has 0 heteroatoms. The Morgan fingerprint density at radius 1 is 0.696 bits per heavy atom. The molecule has 0 saturated carbocycles. The van der Waals surface area contributed by atoms with Crippen LogP contribution in [0.1, 0.15) is 54.0 Å². The second-order valence-corrected chi connectivity index (χ2v) is 4.57. The van der Waals surface area contributed by atoms with Crippen molar-refractivity contribution in [2.24, 2.45) is 0 Å². The molecule has 0 aliphatic heterocycles. The first-order chi connectivity index (χ1) is 11.2. The summed E-state index contributed by atoms with van der Waals surface area (Å²) in [7, 11) is 0. The molecule has 0 heterocycles. The highest BCUT2D eigenvalue weighted by Crippen LogP contribution is 2.29. The maximum atomic E-state index is 4.15. The van der Waals surface area contributed by atoms with E-state index in [9.17, 15) is 0 Å².